The Hall–Kier alpha value is -2.62. The maximum Gasteiger partial charge on any atom is 0.322 e. The highest BCUT2D eigenvalue weighted by atomic mass is 16.2. The van der Waals surface area contributed by atoms with E-state index in [1.807, 2.05) is 24.3 Å². The maximum absolute atomic E-state index is 12.7. The van der Waals surface area contributed by atoms with Crippen LogP contribution in [0.2, 0.25) is 0 Å². The average Bonchev–Trinajstić information content (AvgIpc) is 2.95. The number of carbonyl (C=O) groups is 2. The van der Waals surface area contributed by atoms with Crippen LogP contribution in [0.15, 0.2) is 42.5 Å². The van der Waals surface area contributed by atoms with Crippen LogP contribution in [0.4, 0.5) is 4.79 Å². The number of carbonyl (C=O) groups excluding carboxylic acids is 2. The molecule has 0 aromatic heterocycles. The monoisotopic (exact) mass is 304 g/mol. The number of amides is 3. The lowest BCUT2D eigenvalue weighted by molar-refractivity contribution is -0.122. The summed E-state index contributed by atoms with van der Waals surface area (Å²) in [6.45, 7) is 0. The molecule has 3 aliphatic rings. The molecule has 1 saturated heterocycles. The van der Waals surface area contributed by atoms with E-state index in [4.69, 9.17) is 0 Å². The van der Waals surface area contributed by atoms with Crippen molar-refractivity contribution in [3.63, 3.8) is 0 Å². The van der Waals surface area contributed by atoms with Gasteiger partial charge in [0.15, 0.2) is 5.54 Å². The molecular weight excluding hydrogens is 288 g/mol. The molecule has 23 heavy (non-hydrogen) atoms. The van der Waals surface area contributed by atoms with Gasteiger partial charge >= 0.3 is 6.03 Å². The Morgan fingerprint density at radius 1 is 0.957 bits per heavy atom. The average molecular weight is 304 g/mol. The summed E-state index contributed by atoms with van der Waals surface area (Å²) in [7, 11) is 0. The van der Waals surface area contributed by atoms with E-state index in [0.717, 1.165) is 22.3 Å². The fraction of sp³-hybridized carbons (Fsp3) is 0.263. The third-order valence-electron chi connectivity index (χ3n) is 5.51. The van der Waals surface area contributed by atoms with Crippen molar-refractivity contribution < 1.29 is 9.59 Å². The Labute approximate surface area is 133 Å². The normalized spacial score (nSPS) is 24.9. The summed E-state index contributed by atoms with van der Waals surface area (Å²) >= 11 is 0. The number of hydrogen-bond donors (Lipinski definition) is 2. The van der Waals surface area contributed by atoms with Crippen LogP contribution in [-0.2, 0) is 10.3 Å². The molecule has 0 radical (unpaired) electrons. The Bertz CT molecular complexity index is 869. The van der Waals surface area contributed by atoms with Crippen LogP contribution < -0.4 is 10.6 Å². The van der Waals surface area contributed by atoms with Gasteiger partial charge in [-0.3, -0.25) is 10.1 Å². The molecule has 2 fully saturated rings. The van der Waals surface area contributed by atoms with Gasteiger partial charge in [-0.25, -0.2) is 4.79 Å². The molecule has 4 nitrogen and oxygen atoms in total. The molecule has 114 valence electrons. The zero-order chi connectivity index (χ0) is 15.6. The lowest BCUT2D eigenvalue weighted by atomic mass is 9.78. The quantitative estimate of drug-likeness (QED) is 0.796. The van der Waals surface area contributed by atoms with Gasteiger partial charge in [-0.05, 0) is 46.6 Å². The lowest BCUT2D eigenvalue weighted by Crippen LogP contribution is -2.43. The summed E-state index contributed by atoms with van der Waals surface area (Å²) in [6.07, 6.45) is 3.68. The SMILES string of the molecule is O=C1NC(=O)C2(N1)c1ccccc1-c1ccc(C3CCC3)cc12. The van der Waals surface area contributed by atoms with E-state index < -0.39 is 11.6 Å². The highest BCUT2D eigenvalue weighted by Crippen LogP contribution is 2.50. The molecule has 1 aliphatic heterocycles. The van der Waals surface area contributed by atoms with Gasteiger partial charge in [-0.15, -0.1) is 0 Å². The van der Waals surface area contributed by atoms with E-state index in [1.165, 1.54) is 24.8 Å². The van der Waals surface area contributed by atoms with Crippen molar-refractivity contribution in [2.24, 2.45) is 0 Å². The molecule has 2 aromatic rings. The van der Waals surface area contributed by atoms with Crippen LogP contribution >= 0.6 is 0 Å². The van der Waals surface area contributed by atoms with Crippen LogP contribution in [0.25, 0.3) is 11.1 Å². The highest BCUT2D eigenvalue weighted by Gasteiger charge is 2.54. The molecule has 2 aromatic carbocycles. The number of benzene rings is 2. The molecule has 5 rings (SSSR count). The smallest absolute Gasteiger partial charge is 0.316 e. The van der Waals surface area contributed by atoms with Crippen LogP contribution in [0.1, 0.15) is 41.9 Å². The Morgan fingerprint density at radius 3 is 2.43 bits per heavy atom. The van der Waals surface area contributed by atoms with Gasteiger partial charge in [-0.1, -0.05) is 48.9 Å². The second-order valence-corrected chi connectivity index (χ2v) is 6.64. The van der Waals surface area contributed by atoms with E-state index in [1.54, 1.807) is 0 Å². The van der Waals surface area contributed by atoms with Crippen molar-refractivity contribution in [1.82, 2.24) is 10.6 Å². The van der Waals surface area contributed by atoms with Gasteiger partial charge in [0.25, 0.3) is 5.91 Å². The predicted octanol–water partition coefficient (Wildman–Crippen LogP) is 3.02. The molecule has 2 aliphatic carbocycles. The first kappa shape index (κ1) is 12.9. The van der Waals surface area contributed by atoms with Crippen molar-refractivity contribution in [2.75, 3.05) is 0 Å². The molecule has 1 heterocycles. The molecule has 1 unspecified atom stereocenters. The minimum absolute atomic E-state index is 0.278. The molecule has 1 spiro atoms. The van der Waals surface area contributed by atoms with Gasteiger partial charge in [0, 0.05) is 0 Å². The van der Waals surface area contributed by atoms with Crippen molar-refractivity contribution >= 4 is 11.9 Å². The van der Waals surface area contributed by atoms with E-state index in [0.29, 0.717) is 5.92 Å². The summed E-state index contributed by atoms with van der Waals surface area (Å²) in [5.41, 5.74) is 4.05. The second kappa shape index (κ2) is 4.22. The Balaban J connectivity index is 1.79. The molecule has 1 atom stereocenters. The molecule has 3 amide bonds. The lowest BCUT2D eigenvalue weighted by Gasteiger charge is -2.28. The van der Waals surface area contributed by atoms with Gasteiger partial charge in [0.05, 0.1) is 0 Å². The molecular formula is C19H16N2O2. The third-order valence-corrected chi connectivity index (χ3v) is 5.51. The van der Waals surface area contributed by atoms with Crippen molar-refractivity contribution in [2.45, 2.75) is 30.7 Å². The largest absolute Gasteiger partial charge is 0.322 e. The van der Waals surface area contributed by atoms with Gasteiger partial charge in [0.1, 0.15) is 0 Å². The molecule has 4 heteroatoms. The number of urea groups is 1. The Morgan fingerprint density at radius 2 is 1.74 bits per heavy atom. The van der Waals surface area contributed by atoms with Crippen LogP contribution in [0.5, 0.6) is 0 Å². The number of hydrogen-bond acceptors (Lipinski definition) is 2. The zero-order valence-electron chi connectivity index (χ0n) is 12.6. The minimum atomic E-state index is -1.07. The standard InChI is InChI=1S/C19H16N2O2/c22-17-19(21-18(23)20-17)15-7-2-1-6-13(15)14-9-8-12(10-16(14)19)11-4-3-5-11/h1-2,6-11H,3-5H2,(H2,20,21,22,23). The molecule has 0 bridgehead atoms. The first-order valence-corrected chi connectivity index (χ1v) is 8.08. The van der Waals surface area contributed by atoms with Gasteiger partial charge in [-0.2, -0.15) is 0 Å². The number of fused-ring (bicyclic) bond motifs is 5. The summed E-state index contributed by atoms with van der Waals surface area (Å²) in [5.74, 6) is 0.306. The number of imide groups is 1. The highest BCUT2D eigenvalue weighted by molar-refractivity contribution is 6.13. The van der Waals surface area contributed by atoms with Crippen molar-refractivity contribution in [3.05, 3.63) is 59.2 Å². The third kappa shape index (κ3) is 1.50. The van der Waals surface area contributed by atoms with Gasteiger partial charge in [0.2, 0.25) is 0 Å². The van der Waals surface area contributed by atoms with E-state index in [9.17, 15) is 9.59 Å². The predicted molar refractivity (Wildman–Crippen MR) is 85.9 cm³/mol. The van der Waals surface area contributed by atoms with E-state index in [-0.39, 0.29) is 5.91 Å². The van der Waals surface area contributed by atoms with Crippen LogP contribution in [-0.4, -0.2) is 11.9 Å². The fourth-order valence-corrected chi connectivity index (χ4v) is 4.13. The van der Waals surface area contributed by atoms with E-state index in [2.05, 4.69) is 28.8 Å². The summed E-state index contributed by atoms with van der Waals surface area (Å²) in [4.78, 5) is 24.6. The fourth-order valence-electron chi connectivity index (χ4n) is 4.13. The molecule has 1 saturated carbocycles. The van der Waals surface area contributed by atoms with Crippen molar-refractivity contribution in [1.29, 1.82) is 0 Å². The second-order valence-electron chi connectivity index (χ2n) is 6.64. The maximum atomic E-state index is 12.7. The first-order valence-electron chi connectivity index (χ1n) is 8.08. The van der Waals surface area contributed by atoms with Crippen LogP contribution in [0, 0.1) is 0 Å². The van der Waals surface area contributed by atoms with E-state index >= 15 is 0 Å². The number of nitrogens with one attached hydrogen (secondary N) is 2. The Kier molecular flexibility index (Phi) is 2.36. The van der Waals surface area contributed by atoms with Gasteiger partial charge < -0.3 is 5.32 Å². The number of rotatable bonds is 1. The topological polar surface area (TPSA) is 58.2 Å². The van der Waals surface area contributed by atoms with Crippen LogP contribution in [0.3, 0.4) is 0 Å². The summed E-state index contributed by atoms with van der Waals surface area (Å²) < 4.78 is 0. The first-order chi connectivity index (χ1) is 11.2. The summed E-state index contributed by atoms with van der Waals surface area (Å²) in [6, 6.07) is 13.8. The molecule has 2 N–H and O–H groups in total. The zero-order valence-corrected chi connectivity index (χ0v) is 12.6. The van der Waals surface area contributed by atoms with Crippen molar-refractivity contribution in [3.8, 4) is 11.1 Å². The minimum Gasteiger partial charge on any atom is -0.316 e. The summed E-state index contributed by atoms with van der Waals surface area (Å²) in [5, 5.41) is 5.31.